The molecular weight excluding hydrogens is 344 g/mol. The Labute approximate surface area is 159 Å². The largest absolute Gasteiger partial charge is 1.00 e. The van der Waals surface area contributed by atoms with Gasteiger partial charge >= 0.3 is 29.6 Å². The molecule has 2 aromatic rings. The average Bonchev–Trinajstić information content (AvgIpc) is 2.34. The van der Waals surface area contributed by atoms with Crippen LogP contribution in [0.25, 0.3) is 0 Å². The molecule has 0 saturated heterocycles. The number of aliphatic carboxylic acids is 1. The smallest absolute Gasteiger partial charge is 0.550 e. The van der Waals surface area contributed by atoms with E-state index in [1.165, 1.54) is 0 Å². The molecule has 0 amide bonds. The van der Waals surface area contributed by atoms with E-state index in [1.807, 2.05) is 0 Å². The first kappa shape index (κ1) is 18.6. The average molecular weight is 353 g/mol. The molecule has 3 nitrogen and oxygen atoms in total. The Kier molecular flexibility index (Phi) is 7.34. The Balaban J connectivity index is 0.00000220. The summed E-state index contributed by atoms with van der Waals surface area (Å²) in [5.41, 5.74) is 1.65. The molecule has 0 aliphatic carbocycles. The van der Waals surface area contributed by atoms with Gasteiger partial charge in [0, 0.05) is 23.1 Å². The fraction of sp³-hybridized carbons (Fsp3) is 0.0714. The predicted molar refractivity (Wildman–Crippen MR) is 79.9 cm³/mol. The topological polar surface area (TPSA) is 52.2 Å². The number of halogens is 3. The molecule has 0 heterocycles. The Hall–Kier alpha value is -0.420. The first-order chi connectivity index (χ1) is 9.47. The van der Waals surface area contributed by atoms with Gasteiger partial charge in [0.25, 0.3) is 0 Å². The minimum absolute atomic E-state index is 0. The van der Waals surface area contributed by atoms with E-state index < -0.39 is 5.97 Å². The second-order valence-electron chi connectivity index (χ2n) is 4.08. The number of para-hydroxylation sites is 1. The van der Waals surface area contributed by atoms with Crippen LogP contribution in [0.1, 0.15) is 5.56 Å². The van der Waals surface area contributed by atoms with E-state index in [4.69, 9.17) is 34.8 Å². The number of hydrogen-bond donors (Lipinski definition) is 1. The van der Waals surface area contributed by atoms with Gasteiger partial charge in [-0.05, 0) is 23.8 Å². The number of rotatable bonds is 4. The summed E-state index contributed by atoms with van der Waals surface area (Å²) in [6.07, 6.45) is -0.202. The van der Waals surface area contributed by atoms with E-state index in [-0.39, 0.29) is 36.0 Å². The molecule has 0 atom stereocenters. The summed E-state index contributed by atoms with van der Waals surface area (Å²) in [6, 6.07) is 10.1. The van der Waals surface area contributed by atoms with Gasteiger partial charge in [0.1, 0.15) is 0 Å². The molecule has 0 fully saturated rings. The molecule has 0 spiro atoms. The number of nitrogens with one attached hydrogen (secondary N) is 1. The van der Waals surface area contributed by atoms with Crippen molar-refractivity contribution >= 4 is 52.1 Å². The fourth-order valence-electron chi connectivity index (χ4n) is 1.75. The van der Waals surface area contributed by atoms with Gasteiger partial charge < -0.3 is 15.2 Å². The normalized spacial score (nSPS) is 9.86. The van der Waals surface area contributed by atoms with Crippen molar-refractivity contribution < 1.29 is 39.5 Å². The van der Waals surface area contributed by atoms with Crippen LogP contribution in [-0.4, -0.2) is 5.97 Å². The summed E-state index contributed by atoms with van der Waals surface area (Å²) < 4.78 is 0. The van der Waals surface area contributed by atoms with Gasteiger partial charge in [-0.3, -0.25) is 0 Å². The van der Waals surface area contributed by atoms with E-state index in [1.54, 1.807) is 36.4 Å². The van der Waals surface area contributed by atoms with Crippen LogP contribution >= 0.6 is 34.8 Å². The third-order valence-corrected chi connectivity index (χ3v) is 3.43. The molecule has 21 heavy (non-hydrogen) atoms. The molecule has 0 saturated carbocycles. The van der Waals surface area contributed by atoms with Crippen molar-refractivity contribution in [2.75, 3.05) is 5.32 Å². The Morgan fingerprint density at radius 2 is 1.67 bits per heavy atom. The molecule has 0 aliphatic rings. The summed E-state index contributed by atoms with van der Waals surface area (Å²) >= 11 is 18.0. The number of anilines is 2. The molecule has 7 heteroatoms. The van der Waals surface area contributed by atoms with Gasteiger partial charge in [-0.1, -0.05) is 53.0 Å². The number of carbonyl (C=O) groups is 1. The molecule has 2 aromatic carbocycles. The molecule has 0 bridgehead atoms. The van der Waals surface area contributed by atoms with Crippen molar-refractivity contribution in [1.29, 1.82) is 0 Å². The van der Waals surface area contributed by atoms with Gasteiger partial charge in [0.15, 0.2) is 0 Å². The fourth-order valence-corrected chi connectivity index (χ4v) is 2.66. The molecule has 0 aromatic heterocycles. The maximum atomic E-state index is 10.7. The van der Waals surface area contributed by atoms with Crippen LogP contribution in [0.3, 0.4) is 0 Å². The van der Waals surface area contributed by atoms with E-state index in [0.29, 0.717) is 32.0 Å². The summed E-state index contributed by atoms with van der Waals surface area (Å²) in [7, 11) is 0. The second kappa shape index (κ2) is 8.28. The third kappa shape index (κ3) is 5.06. The molecule has 0 unspecified atom stereocenters. The summed E-state index contributed by atoms with van der Waals surface area (Å²) in [6.45, 7) is 0. The summed E-state index contributed by atoms with van der Waals surface area (Å²) in [4.78, 5) is 10.7. The van der Waals surface area contributed by atoms with Gasteiger partial charge in [0.2, 0.25) is 0 Å². The van der Waals surface area contributed by atoms with Crippen molar-refractivity contribution in [2.45, 2.75) is 6.42 Å². The minimum Gasteiger partial charge on any atom is -0.550 e. The molecular formula is C14H9Cl3NNaO2. The standard InChI is InChI=1S/C14H10Cl3NO2.Na/c15-9-6-10(16)14(11(17)7-9)18-12-4-2-1-3-8(12)5-13(19)20;/h1-4,6-7,18H,5H2,(H,19,20);/q;+1/p-1. The Morgan fingerprint density at radius 3 is 2.24 bits per heavy atom. The molecule has 104 valence electrons. The zero-order chi connectivity index (χ0) is 14.7. The van der Waals surface area contributed by atoms with E-state index in [9.17, 15) is 9.90 Å². The predicted octanol–water partition coefficient (Wildman–Crippen LogP) is 0.687. The first-order valence-corrected chi connectivity index (χ1v) is 6.80. The number of carbonyl (C=O) groups excluding carboxylic acids is 1. The van der Waals surface area contributed by atoms with Crippen LogP contribution in [0.2, 0.25) is 15.1 Å². The van der Waals surface area contributed by atoms with Crippen molar-refractivity contribution in [2.24, 2.45) is 0 Å². The third-order valence-electron chi connectivity index (χ3n) is 2.62. The number of carboxylic acids is 1. The van der Waals surface area contributed by atoms with Crippen LogP contribution in [0.15, 0.2) is 36.4 Å². The molecule has 0 aliphatic heterocycles. The van der Waals surface area contributed by atoms with E-state index in [0.717, 1.165) is 0 Å². The zero-order valence-electron chi connectivity index (χ0n) is 11.1. The van der Waals surface area contributed by atoms with Gasteiger partial charge in [-0.2, -0.15) is 0 Å². The Morgan fingerprint density at radius 1 is 1.10 bits per heavy atom. The van der Waals surface area contributed by atoms with Crippen molar-refractivity contribution in [3.05, 3.63) is 57.0 Å². The zero-order valence-corrected chi connectivity index (χ0v) is 15.4. The quantitative estimate of drug-likeness (QED) is 0.824. The summed E-state index contributed by atoms with van der Waals surface area (Å²) in [5.74, 6) is -1.16. The van der Waals surface area contributed by atoms with E-state index in [2.05, 4.69) is 5.32 Å². The number of hydrogen-bond acceptors (Lipinski definition) is 3. The van der Waals surface area contributed by atoms with Crippen LogP contribution in [0.5, 0.6) is 0 Å². The molecule has 0 radical (unpaired) electrons. The number of benzene rings is 2. The summed E-state index contributed by atoms with van der Waals surface area (Å²) in [5, 5.41) is 14.9. The SMILES string of the molecule is O=C([O-])Cc1ccccc1Nc1c(Cl)cc(Cl)cc1Cl.[Na+]. The maximum Gasteiger partial charge on any atom is 1.00 e. The van der Waals surface area contributed by atoms with Gasteiger partial charge in [0.05, 0.1) is 15.7 Å². The number of carboxylic acid groups (broad SMARTS) is 1. The van der Waals surface area contributed by atoms with E-state index >= 15 is 0 Å². The van der Waals surface area contributed by atoms with Crippen LogP contribution < -0.4 is 40.0 Å². The van der Waals surface area contributed by atoms with Crippen LogP contribution in [0.4, 0.5) is 11.4 Å². The molecule has 1 N–H and O–H groups in total. The van der Waals surface area contributed by atoms with Gasteiger partial charge in [-0.25, -0.2) is 0 Å². The maximum absolute atomic E-state index is 10.7. The van der Waals surface area contributed by atoms with Gasteiger partial charge in [-0.15, -0.1) is 0 Å². The Bertz CT molecular complexity index is 641. The van der Waals surface area contributed by atoms with Crippen molar-refractivity contribution in [3.63, 3.8) is 0 Å². The monoisotopic (exact) mass is 351 g/mol. The first-order valence-electron chi connectivity index (χ1n) is 5.66. The minimum atomic E-state index is -1.16. The van der Waals surface area contributed by atoms with Crippen molar-refractivity contribution in [1.82, 2.24) is 0 Å². The van der Waals surface area contributed by atoms with Crippen LogP contribution in [0, 0.1) is 0 Å². The molecule has 2 rings (SSSR count). The second-order valence-corrected chi connectivity index (χ2v) is 5.33. The van der Waals surface area contributed by atoms with Crippen molar-refractivity contribution in [3.8, 4) is 0 Å². The van der Waals surface area contributed by atoms with Crippen LogP contribution in [-0.2, 0) is 11.2 Å².